The van der Waals surface area contributed by atoms with Crippen molar-refractivity contribution in [3.63, 3.8) is 0 Å². The third kappa shape index (κ3) is 5.90. The molecule has 2 amide bonds. The van der Waals surface area contributed by atoms with E-state index in [4.69, 9.17) is 4.74 Å². The first-order chi connectivity index (χ1) is 14.2. The third-order valence-electron chi connectivity index (χ3n) is 4.17. The molecule has 6 nitrogen and oxygen atoms in total. The van der Waals surface area contributed by atoms with Gasteiger partial charge in [-0.25, -0.2) is 0 Å². The van der Waals surface area contributed by atoms with Crippen LogP contribution < -0.4 is 15.4 Å². The zero-order valence-electron chi connectivity index (χ0n) is 16.2. The summed E-state index contributed by atoms with van der Waals surface area (Å²) in [5.41, 5.74) is 1.30. The molecule has 0 aliphatic rings. The van der Waals surface area contributed by atoms with Crippen molar-refractivity contribution >= 4 is 17.5 Å². The quantitative estimate of drug-likeness (QED) is 0.549. The number of hydrogen-bond donors (Lipinski definition) is 2. The summed E-state index contributed by atoms with van der Waals surface area (Å²) in [4.78, 5) is 28.7. The number of para-hydroxylation sites is 1. The number of nitrogens with zero attached hydrogens (tertiary/aromatic N) is 1. The topological polar surface area (TPSA) is 80.3 Å². The Kier molecular flexibility index (Phi) is 6.95. The number of anilines is 1. The van der Waals surface area contributed by atoms with Crippen molar-refractivity contribution in [3.8, 4) is 11.5 Å². The van der Waals surface area contributed by atoms with Crippen molar-refractivity contribution < 1.29 is 14.3 Å². The second kappa shape index (κ2) is 10.0. The number of aromatic nitrogens is 1. The highest BCUT2D eigenvalue weighted by Crippen LogP contribution is 2.22. The molecule has 0 aliphatic heterocycles. The second-order valence-corrected chi connectivity index (χ2v) is 6.47. The molecular weight excluding hydrogens is 366 g/mol. The highest BCUT2D eigenvalue weighted by molar-refractivity contribution is 6.05. The number of rotatable bonds is 8. The number of nitrogens with one attached hydrogen (secondary N) is 2. The van der Waals surface area contributed by atoms with Gasteiger partial charge in [0.1, 0.15) is 11.5 Å². The maximum Gasteiger partial charge on any atom is 0.257 e. The number of hydrogen-bond acceptors (Lipinski definition) is 4. The number of carbonyl (C=O) groups is 2. The Morgan fingerprint density at radius 2 is 1.55 bits per heavy atom. The Morgan fingerprint density at radius 3 is 2.24 bits per heavy atom. The Balaban J connectivity index is 1.61. The summed E-state index contributed by atoms with van der Waals surface area (Å²) >= 11 is 0. The maximum atomic E-state index is 12.5. The van der Waals surface area contributed by atoms with E-state index in [1.807, 2.05) is 30.3 Å². The van der Waals surface area contributed by atoms with E-state index in [0.29, 0.717) is 29.1 Å². The summed E-state index contributed by atoms with van der Waals surface area (Å²) in [6.07, 6.45) is 4.79. The van der Waals surface area contributed by atoms with E-state index in [9.17, 15) is 9.59 Å². The molecule has 0 saturated heterocycles. The maximum absolute atomic E-state index is 12.5. The van der Waals surface area contributed by atoms with Gasteiger partial charge in [-0.05, 0) is 48.9 Å². The summed E-state index contributed by atoms with van der Waals surface area (Å²) in [6, 6.07) is 18.1. The van der Waals surface area contributed by atoms with E-state index < -0.39 is 0 Å². The Labute approximate surface area is 169 Å². The van der Waals surface area contributed by atoms with Crippen LogP contribution in [-0.4, -0.2) is 23.3 Å². The first-order valence-corrected chi connectivity index (χ1v) is 9.53. The molecule has 2 N–H and O–H groups in total. The zero-order chi connectivity index (χ0) is 20.5. The molecule has 0 radical (unpaired) electrons. The van der Waals surface area contributed by atoms with E-state index in [1.165, 1.54) is 18.5 Å². The van der Waals surface area contributed by atoms with Crippen molar-refractivity contribution in [1.82, 2.24) is 10.3 Å². The Hall–Kier alpha value is -3.67. The van der Waals surface area contributed by atoms with Gasteiger partial charge in [0.25, 0.3) is 11.8 Å². The number of ether oxygens (including phenoxy) is 1. The third-order valence-corrected chi connectivity index (χ3v) is 4.17. The largest absolute Gasteiger partial charge is 0.457 e. The Morgan fingerprint density at radius 1 is 0.897 bits per heavy atom. The van der Waals surface area contributed by atoms with Crippen LogP contribution in [0.3, 0.4) is 0 Å². The predicted molar refractivity (Wildman–Crippen MR) is 112 cm³/mol. The zero-order valence-corrected chi connectivity index (χ0v) is 16.2. The van der Waals surface area contributed by atoms with Gasteiger partial charge < -0.3 is 15.4 Å². The summed E-state index contributed by atoms with van der Waals surface area (Å²) < 4.78 is 5.74. The standard InChI is InChI=1S/C23H23N3O3/c1-2-3-13-25-22(27)17-14-18(16-24-15-17)23(28)26-19-9-11-21(12-10-19)29-20-7-5-4-6-8-20/h4-12,14-16H,2-3,13H2,1H3,(H,25,27)(H,26,28). The average Bonchev–Trinajstić information content (AvgIpc) is 2.76. The summed E-state index contributed by atoms with van der Waals surface area (Å²) in [5, 5.41) is 5.62. The smallest absolute Gasteiger partial charge is 0.257 e. The van der Waals surface area contributed by atoms with Crippen LogP contribution in [0.5, 0.6) is 11.5 Å². The molecule has 6 heteroatoms. The molecule has 3 rings (SSSR count). The SMILES string of the molecule is CCCCNC(=O)c1cncc(C(=O)Nc2ccc(Oc3ccccc3)cc2)c1. The molecule has 0 fully saturated rings. The average molecular weight is 389 g/mol. The van der Waals surface area contributed by atoms with Gasteiger partial charge in [-0.2, -0.15) is 0 Å². The predicted octanol–water partition coefficient (Wildman–Crippen LogP) is 4.66. The lowest BCUT2D eigenvalue weighted by Gasteiger charge is -2.09. The number of pyridine rings is 1. The van der Waals surface area contributed by atoms with Crippen molar-refractivity contribution in [3.05, 3.63) is 84.2 Å². The second-order valence-electron chi connectivity index (χ2n) is 6.47. The lowest BCUT2D eigenvalue weighted by Crippen LogP contribution is -2.25. The van der Waals surface area contributed by atoms with Gasteiger partial charge in [0, 0.05) is 24.6 Å². The normalized spacial score (nSPS) is 10.2. The molecule has 3 aromatic rings. The molecule has 1 aromatic heterocycles. The fourth-order valence-corrected chi connectivity index (χ4v) is 2.60. The van der Waals surface area contributed by atoms with Crippen LogP contribution in [-0.2, 0) is 0 Å². The van der Waals surface area contributed by atoms with Crippen LogP contribution >= 0.6 is 0 Å². The monoisotopic (exact) mass is 389 g/mol. The number of unbranched alkanes of at least 4 members (excludes halogenated alkanes) is 1. The molecule has 148 valence electrons. The molecule has 0 saturated carbocycles. The number of carbonyl (C=O) groups excluding carboxylic acids is 2. The van der Waals surface area contributed by atoms with Gasteiger partial charge >= 0.3 is 0 Å². The molecule has 0 bridgehead atoms. The molecule has 0 aliphatic carbocycles. The van der Waals surface area contributed by atoms with Crippen molar-refractivity contribution in [2.45, 2.75) is 19.8 Å². The molecule has 0 unspecified atom stereocenters. The number of amides is 2. The van der Waals surface area contributed by atoms with Gasteiger partial charge in [0.05, 0.1) is 11.1 Å². The molecule has 2 aromatic carbocycles. The van der Waals surface area contributed by atoms with E-state index in [2.05, 4.69) is 22.5 Å². The van der Waals surface area contributed by atoms with E-state index in [1.54, 1.807) is 24.3 Å². The van der Waals surface area contributed by atoms with Crippen LogP contribution in [0.25, 0.3) is 0 Å². The minimum Gasteiger partial charge on any atom is -0.457 e. The van der Waals surface area contributed by atoms with Gasteiger partial charge in [-0.15, -0.1) is 0 Å². The van der Waals surface area contributed by atoms with E-state index >= 15 is 0 Å². The van der Waals surface area contributed by atoms with Gasteiger partial charge in [0.15, 0.2) is 0 Å². The summed E-state index contributed by atoms with van der Waals surface area (Å²) in [5.74, 6) is 0.839. The van der Waals surface area contributed by atoms with Crippen LogP contribution in [0.1, 0.15) is 40.5 Å². The van der Waals surface area contributed by atoms with Gasteiger partial charge in [-0.1, -0.05) is 31.5 Å². The van der Waals surface area contributed by atoms with Crippen molar-refractivity contribution in [1.29, 1.82) is 0 Å². The van der Waals surface area contributed by atoms with Gasteiger partial charge in [0.2, 0.25) is 0 Å². The van der Waals surface area contributed by atoms with Crippen molar-refractivity contribution in [2.75, 3.05) is 11.9 Å². The molecule has 0 spiro atoms. The van der Waals surface area contributed by atoms with E-state index in [0.717, 1.165) is 18.6 Å². The highest BCUT2D eigenvalue weighted by Gasteiger charge is 2.11. The molecular formula is C23H23N3O3. The first kappa shape index (κ1) is 20.1. The van der Waals surface area contributed by atoms with Crippen LogP contribution in [0.4, 0.5) is 5.69 Å². The minimum atomic E-state index is -0.336. The number of benzene rings is 2. The summed E-state index contributed by atoms with van der Waals surface area (Å²) in [6.45, 7) is 2.65. The molecule has 0 atom stereocenters. The highest BCUT2D eigenvalue weighted by atomic mass is 16.5. The van der Waals surface area contributed by atoms with Crippen LogP contribution in [0.2, 0.25) is 0 Å². The lowest BCUT2D eigenvalue weighted by molar-refractivity contribution is 0.0953. The van der Waals surface area contributed by atoms with Crippen LogP contribution in [0.15, 0.2) is 73.1 Å². The lowest BCUT2D eigenvalue weighted by atomic mass is 10.1. The first-order valence-electron chi connectivity index (χ1n) is 9.53. The fraction of sp³-hybridized carbons (Fsp3) is 0.174. The molecule has 1 heterocycles. The van der Waals surface area contributed by atoms with E-state index in [-0.39, 0.29) is 11.8 Å². The molecule has 29 heavy (non-hydrogen) atoms. The Bertz CT molecular complexity index is 957. The van der Waals surface area contributed by atoms with Crippen LogP contribution in [0, 0.1) is 0 Å². The fourth-order valence-electron chi connectivity index (χ4n) is 2.60. The van der Waals surface area contributed by atoms with Crippen molar-refractivity contribution in [2.24, 2.45) is 0 Å². The summed E-state index contributed by atoms with van der Waals surface area (Å²) in [7, 11) is 0. The minimum absolute atomic E-state index is 0.233. The van der Waals surface area contributed by atoms with Gasteiger partial charge in [-0.3, -0.25) is 14.6 Å².